The Kier molecular flexibility index (Phi) is 6.67. The fraction of sp³-hybridized carbons (Fsp3) is 0.562. The SMILES string of the molecule is Cc1ccc(Br)cc1C(=O)NCCCOC1CCNCC1. The minimum Gasteiger partial charge on any atom is -0.378 e. The average molecular weight is 355 g/mol. The monoisotopic (exact) mass is 354 g/mol. The summed E-state index contributed by atoms with van der Waals surface area (Å²) in [6, 6.07) is 5.74. The number of amides is 1. The maximum atomic E-state index is 12.1. The Bertz CT molecular complexity index is 473. The summed E-state index contributed by atoms with van der Waals surface area (Å²) in [5.41, 5.74) is 1.71. The molecule has 0 radical (unpaired) electrons. The number of piperidine rings is 1. The second-order valence-corrected chi connectivity index (χ2v) is 6.30. The van der Waals surface area contributed by atoms with Crippen LogP contribution in [0.25, 0.3) is 0 Å². The van der Waals surface area contributed by atoms with Gasteiger partial charge in [0.25, 0.3) is 5.91 Å². The van der Waals surface area contributed by atoms with E-state index in [2.05, 4.69) is 26.6 Å². The van der Waals surface area contributed by atoms with Gasteiger partial charge in [-0.1, -0.05) is 22.0 Å². The fourth-order valence-corrected chi connectivity index (χ4v) is 2.78. The minimum absolute atomic E-state index is 0.0179. The van der Waals surface area contributed by atoms with E-state index in [9.17, 15) is 4.79 Å². The summed E-state index contributed by atoms with van der Waals surface area (Å²) in [6.07, 6.45) is 3.41. The zero-order valence-electron chi connectivity index (χ0n) is 12.5. The highest BCUT2D eigenvalue weighted by Gasteiger charge is 2.13. The first-order valence-electron chi connectivity index (χ1n) is 7.53. The number of benzene rings is 1. The van der Waals surface area contributed by atoms with Gasteiger partial charge in [0.15, 0.2) is 0 Å². The summed E-state index contributed by atoms with van der Waals surface area (Å²) >= 11 is 3.40. The molecule has 1 heterocycles. The third-order valence-corrected chi connectivity index (χ3v) is 4.18. The van der Waals surface area contributed by atoms with Crippen LogP contribution in [0.15, 0.2) is 22.7 Å². The van der Waals surface area contributed by atoms with E-state index in [1.54, 1.807) is 0 Å². The first-order valence-corrected chi connectivity index (χ1v) is 8.33. The van der Waals surface area contributed by atoms with Crippen LogP contribution in [0.5, 0.6) is 0 Å². The lowest BCUT2D eigenvalue weighted by molar-refractivity contribution is 0.0318. The second-order valence-electron chi connectivity index (χ2n) is 5.39. The molecule has 21 heavy (non-hydrogen) atoms. The van der Waals surface area contributed by atoms with Crippen LogP contribution < -0.4 is 10.6 Å². The van der Waals surface area contributed by atoms with Gasteiger partial charge in [-0.3, -0.25) is 4.79 Å². The van der Waals surface area contributed by atoms with Gasteiger partial charge < -0.3 is 15.4 Å². The highest BCUT2D eigenvalue weighted by atomic mass is 79.9. The molecule has 0 bridgehead atoms. The number of hydrogen-bond acceptors (Lipinski definition) is 3. The van der Waals surface area contributed by atoms with Crippen molar-refractivity contribution >= 4 is 21.8 Å². The highest BCUT2D eigenvalue weighted by Crippen LogP contribution is 2.15. The predicted molar refractivity (Wildman–Crippen MR) is 87.7 cm³/mol. The Morgan fingerprint density at radius 3 is 2.95 bits per heavy atom. The minimum atomic E-state index is -0.0179. The quantitative estimate of drug-likeness (QED) is 0.772. The summed E-state index contributed by atoms with van der Waals surface area (Å²) < 4.78 is 6.74. The molecule has 1 aliphatic heterocycles. The topological polar surface area (TPSA) is 50.4 Å². The molecular weight excluding hydrogens is 332 g/mol. The largest absolute Gasteiger partial charge is 0.378 e. The summed E-state index contributed by atoms with van der Waals surface area (Å²) in [6.45, 7) is 5.40. The zero-order valence-corrected chi connectivity index (χ0v) is 14.0. The van der Waals surface area contributed by atoms with Crippen LogP contribution in [0.1, 0.15) is 35.2 Å². The van der Waals surface area contributed by atoms with Crippen LogP contribution in [0, 0.1) is 6.92 Å². The van der Waals surface area contributed by atoms with Crippen LogP contribution >= 0.6 is 15.9 Å². The number of carbonyl (C=O) groups excluding carboxylic acids is 1. The molecule has 5 heteroatoms. The van der Waals surface area contributed by atoms with E-state index in [4.69, 9.17) is 4.74 Å². The van der Waals surface area contributed by atoms with E-state index >= 15 is 0 Å². The van der Waals surface area contributed by atoms with Crippen LogP contribution in [0.3, 0.4) is 0 Å². The lowest BCUT2D eigenvalue weighted by atomic mass is 10.1. The maximum Gasteiger partial charge on any atom is 0.251 e. The third kappa shape index (κ3) is 5.41. The van der Waals surface area contributed by atoms with E-state index in [0.29, 0.717) is 19.3 Å². The van der Waals surface area contributed by atoms with E-state index < -0.39 is 0 Å². The van der Waals surface area contributed by atoms with Gasteiger partial charge in [0.2, 0.25) is 0 Å². The van der Waals surface area contributed by atoms with Gasteiger partial charge in [-0.05, 0) is 57.0 Å². The van der Waals surface area contributed by atoms with E-state index in [0.717, 1.165) is 48.0 Å². The van der Waals surface area contributed by atoms with Crippen molar-refractivity contribution in [1.29, 1.82) is 0 Å². The molecule has 1 aromatic rings. The molecule has 0 aromatic heterocycles. The fourth-order valence-electron chi connectivity index (χ4n) is 2.42. The molecule has 0 atom stereocenters. The molecule has 1 amide bonds. The Hall–Kier alpha value is -0.910. The smallest absolute Gasteiger partial charge is 0.251 e. The number of halogens is 1. The molecule has 1 aliphatic rings. The Morgan fingerprint density at radius 2 is 2.19 bits per heavy atom. The lowest BCUT2D eigenvalue weighted by Gasteiger charge is -2.22. The number of rotatable bonds is 6. The van der Waals surface area contributed by atoms with Crippen LogP contribution in [-0.2, 0) is 4.74 Å². The van der Waals surface area contributed by atoms with Gasteiger partial charge in [0, 0.05) is 23.2 Å². The van der Waals surface area contributed by atoms with Crippen LogP contribution in [0.2, 0.25) is 0 Å². The zero-order chi connectivity index (χ0) is 15.1. The molecule has 4 nitrogen and oxygen atoms in total. The molecule has 0 aliphatic carbocycles. The van der Waals surface area contributed by atoms with Crippen molar-refractivity contribution in [2.24, 2.45) is 0 Å². The van der Waals surface area contributed by atoms with Crippen LogP contribution in [0.4, 0.5) is 0 Å². The molecule has 0 spiro atoms. The number of ether oxygens (including phenoxy) is 1. The lowest BCUT2D eigenvalue weighted by Crippen LogP contribution is -2.33. The molecule has 1 saturated heterocycles. The molecule has 1 fully saturated rings. The van der Waals surface area contributed by atoms with Gasteiger partial charge in [-0.25, -0.2) is 0 Å². The molecule has 2 N–H and O–H groups in total. The summed E-state index contributed by atoms with van der Waals surface area (Å²) in [5, 5.41) is 6.27. The van der Waals surface area contributed by atoms with Gasteiger partial charge >= 0.3 is 0 Å². The first-order chi connectivity index (χ1) is 10.2. The van der Waals surface area contributed by atoms with Gasteiger partial charge in [-0.15, -0.1) is 0 Å². The number of aryl methyl sites for hydroxylation is 1. The molecule has 116 valence electrons. The van der Waals surface area contributed by atoms with Crippen LogP contribution in [-0.4, -0.2) is 38.3 Å². The van der Waals surface area contributed by atoms with E-state index in [1.807, 2.05) is 25.1 Å². The van der Waals surface area contributed by atoms with Gasteiger partial charge in [0.1, 0.15) is 0 Å². The predicted octanol–water partition coefficient (Wildman–Crippen LogP) is 2.65. The summed E-state index contributed by atoms with van der Waals surface area (Å²) in [5.74, 6) is -0.0179. The Balaban J connectivity index is 1.66. The van der Waals surface area contributed by atoms with Crippen molar-refractivity contribution in [2.75, 3.05) is 26.2 Å². The third-order valence-electron chi connectivity index (χ3n) is 3.69. The second kappa shape index (κ2) is 8.51. The summed E-state index contributed by atoms with van der Waals surface area (Å²) in [4.78, 5) is 12.1. The van der Waals surface area contributed by atoms with Crippen molar-refractivity contribution in [3.8, 4) is 0 Å². The first kappa shape index (κ1) is 16.5. The molecule has 1 aromatic carbocycles. The Labute approximate surface area is 134 Å². The number of hydrogen-bond donors (Lipinski definition) is 2. The summed E-state index contributed by atoms with van der Waals surface area (Å²) in [7, 11) is 0. The molecule has 2 rings (SSSR count). The molecule has 0 saturated carbocycles. The van der Waals surface area contributed by atoms with Crippen molar-refractivity contribution < 1.29 is 9.53 Å². The van der Waals surface area contributed by atoms with Gasteiger partial charge in [0.05, 0.1) is 6.10 Å². The van der Waals surface area contributed by atoms with Crippen molar-refractivity contribution in [3.05, 3.63) is 33.8 Å². The van der Waals surface area contributed by atoms with Crippen molar-refractivity contribution in [1.82, 2.24) is 10.6 Å². The number of carbonyl (C=O) groups is 1. The van der Waals surface area contributed by atoms with E-state index in [1.165, 1.54) is 0 Å². The Morgan fingerprint density at radius 1 is 1.43 bits per heavy atom. The van der Waals surface area contributed by atoms with E-state index in [-0.39, 0.29) is 5.91 Å². The standard InChI is InChI=1S/C16H23BrN2O2/c1-12-3-4-13(17)11-15(12)16(20)19-7-2-10-21-14-5-8-18-9-6-14/h3-4,11,14,18H,2,5-10H2,1H3,(H,19,20). The number of nitrogens with one attached hydrogen (secondary N) is 2. The highest BCUT2D eigenvalue weighted by molar-refractivity contribution is 9.10. The van der Waals surface area contributed by atoms with Crippen molar-refractivity contribution in [2.45, 2.75) is 32.3 Å². The molecular formula is C16H23BrN2O2. The van der Waals surface area contributed by atoms with Gasteiger partial charge in [-0.2, -0.15) is 0 Å². The maximum absolute atomic E-state index is 12.1. The molecule has 0 unspecified atom stereocenters. The normalized spacial score (nSPS) is 15.9. The average Bonchev–Trinajstić information content (AvgIpc) is 2.50. The van der Waals surface area contributed by atoms with Crippen molar-refractivity contribution in [3.63, 3.8) is 0 Å².